The van der Waals surface area contributed by atoms with Crippen LogP contribution in [-0.4, -0.2) is 23.0 Å². The normalized spacial score (nSPS) is 13.1. The lowest BCUT2D eigenvalue weighted by Gasteiger charge is -2.21. The molecule has 0 bridgehead atoms. The maximum atomic E-state index is 8.57. The fourth-order valence-corrected chi connectivity index (χ4v) is 4.51. The van der Waals surface area contributed by atoms with Crippen molar-refractivity contribution < 1.29 is 26.8 Å². The topological polar surface area (TPSA) is 61.4 Å². The lowest BCUT2D eigenvalue weighted by atomic mass is 9.92. The van der Waals surface area contributed by atoms with Crippen LogP contribution in [0.25, 0.3) is 10.9 Å². The molecule has 0 aliphatic heterocycles. The van der Waals surface area contributed by atoms with Crippen LogP contribution in [-0.2, 0) is 19.4 Å². The summed E-state index contributed by atoms with van der Waals surface area (Å²) < 4.78 is 2.19. The molecule has 5 nitrogen and oxygen atoms in total. The van der Waals surface area contributed by atoms with Crippen LogP contribution in [0, 0.1) is 0 Å². The molecular formula is C26H33BrN4O. The molecule has 2 aromatic heterocycles. The van der Waals surface area contributed by atoms with Gasteiger partial charge in [-0.3, -0.25) is 4.98 Å². The van der Waals surface area contributed by atoms with Crippen LogP contribution in [0.2, 0.25) is 0 Å². The second-order valence-corrected chi connectivity index (χ2v) is 8.44. The lowest BCUT2D eigenvalue weighted by molar-refractivity contribution is -0.697. The molecule has 0 fully saturated rings. The Kier molecular flexibility index (Phi) is 9.47. The summed E-state index contributed by atoms with van der Waals surface area (Å²) in [7, 11) is 0. The number of benzene rings is 1. The number of anilines is 1. The number of para-hydroxylation sites is 1. The summed E-state index contributed by atoms with van der Waals surface area (Å²) in [5.74, 6) is 0. The Hall–Kier alpha value is -2.47. The molecule has 4 rings (SSSR count). The van der Waals surface area contributed by atoms with Crippen LogP contribution in [0.1, 0.15) is 61.8 Å². The van der Waals surface area contributed by atoms with Gasteiger partial charge in [-0.05, 0) is 50.2 Å². The second kappa shape index (κ2) is 12.5. The van der Waals surface area contributed by atoms with E-state index in [1.165, 1.54) is 73.5 Å². The number of pyridine rings is 2. The van der Waals surface area contributed by atoms with Crippen molar-refractivity contribution in [1.82, 2.24) is 4.98 Å². The van der Waals surface area contributed by atoms with Crippen molar-refractivity contribution in [3.05, 3.63) is 65.6 Å². The number of aromatic nitrogens is 2. The molecular weight excluding hydrogens is 464 g/mol. The molecule has 1 aromatic carbocycles. The van der Waals surface area contributed by atoms with Crippen LogP contribution < -0.4 is 26.9 Å². The Morgan fingerprint density at radius 3 is 2.56 bits per heavy atom. The van der Waals surface area contributed by atoms with Crippen LogP contribution in [0.4, 0.5) is 5.69 Å². The van der Waals surface area contributed by atoms with E-state index in [1.54, 1.807) is 0 Å². The average Bonchev–Trinajstić information content (AvgIpc) is 2.81. The molecule has 0 spiro atoms. The minimum absolute atomic E-state index is 0. The zero-order chi connectivity index (χ0) is 21.3. The highest BCUT2D eigenvalue weighted by atomic mass is 79.9. The van der Waals surface area contributed by atoms with Gasteiger partial charge in [0, 0.05) is 47.4 Å². The second-order valence-electron chi connectivity index (χ2n) is 8.44. The van der Waals surface area contributed by atoms with E-state index >= 15 is 0 Å². The van der Waals surface area contributed by atoms with Gasteiger partial charge in [0.25, 0.3) is 0 Å². The SMILES string of the molecule is O/N=C/c1cc[n+](CCCCCCCNc2c3c(nc4ccccc24)CCCC3)cc1.[Br-]. The maximum Gasteiger partial charge on any atom is 0.169 e. The Morgan fingerprint density at radius 2 is 1.72 bits per heavy atom. The van der Waals surface area contributed by atoms with Crippen molar-refractivity contribution in [2.45, 2.75) is 64.3 Å². The van der Waals surface area contributed by atoms with Crippen LogP contribution >= 0.6 is 0 Å². The maximum absolute atomic E-state index is 8.57. The summed E-state index contributed by atoms with van der Waals surface area (Å²) in [4.78, 5) is 4.93. The zero-order valence-electron chi connectivity index (χ0n) is 18.6. The number of hydrogen-bond donors (Lipinski definition) is 2. The van der Waals surface area contributed by atoms with Crippen LogP contribution in [0.3, 0.4) is 0 Å². The van der Waals surface area contributed by atoms with Gasteiger partial charge < -0.3 is 27.5 Å². The van der Waals surface area contributed by atoms with Gasteiger partial charge in [0.2, 0.25) is 0 Å². The average molecular weight is 497 g/mol. The van der Waals surface area contributed by atoms with Crippen molar-refractivity contribution in [1.29, 1.82) is 0 Å². The third-order valence-electron chi connectivity index (χ3n) is 6.19. The summed E-state index contributed by atoms with van der Waals surface area (Å²) in [5, 5.41) is 16.7. The molecule has 170 valence electrons. The van der Waals surface area contributed by atoms with E-state index in [0.717, 1.165) is 37.0 Å². The Labute approximate surface area is 201 Å². The Balaban J connectivity index is 0.00000289. The van der Waals surface area contributed by atoms with E-state index < -0.39 is 0 Å². The first-order valence-corrected chi connectivity index (χ1v) is 11.7. The first-order chi connectivity index (χ1) is 15.3. The predicted molar refractivity (Wildman–Crippen MR) is 126 cm³/mol. The molecule has 1 aliphatic carbocycles. The fourth-order valence-electron chi connectivity index (χ4n) is 4.51. The molecule has 3 aromatic rings. The minimum Gasteiger partial charge on any atom is -1.00 e. The van der Waals surface area contributed by atoms with Crippen molar-refractivity contribution in [2.24, 2.45) is 5.16 Å². The van der Waals surface area contributed by atoms with Gasteiger partial charge in [-0.15, -0.1) is 0 Å². The number of hydrogen-bond acceptors (Lipinski definition) is 4. The van der Waals surface area contributed by atoms with Gasteiger partial charge in [0.1, 0.15) is 6.54 Å². The molecule has 0 atom stereocenters. The molecule has 32 heavy (non-hydrogen) atoms. The van der Waals surface area contributed by atoms with Crippen molar-refractivity contribution in [3.8, 4) is 0 Å². The summed E-state index contributed by atoms with van der Waals surface area (Å²) in [6, 6.07) is 12.5. The summed E-state index contributed by atoms with van der Waals surface area (Å²) in [6.45, 7) is 2.06. The molecule has 0 unspecified atom stereocenters. The molecule has 6 heteroatoms. The smallest absolute Gasteiger partial charge is 0.169 e. The number of fused-ring (bicyclic) bond motifs is 2. The van der Waals surface area contributed by atoms with E-state index in [1.807, 2.05) is 24.5 Å². The number of rotatable bonds is 10. The van der Waals surface area contributed by atoms with Crippen LogP contribution in [0.5, 0.6) is 0 Å². The molecule has 1 aliphatic rings. The predicted octanol–water partition coefficient (Wildman–Crippen LogP) is 2.28. The number of aryl methyl sites for hydroxylation is 2. The quantitative estimate of drug-likeness (QED) is 0.149. The van der Waals surface area contributed by atoms with Gasteiger partial charge in [-0.2, -0.15) is 0 Å². The highest BCUT2D eigenvalue weighted by Gasteiger charge is 2.17. The lowest BCUT2D eigenvalue weighted by Crippen LogP contribution is -3.00. The summed E-state index contributed by atoms with van der Waals surface area (Å²) in [6.07, 6.45) is 16.5. The van der Waals surface area contributed by atoms with E-state index in [2.05, 4.69) is 39.3 Å². The Morgan fingerprint density at radius 1 is 0.969 bits per heavy atom. The molecule has 2 N–H and O–H groups in total. The number of halogens is 1. The highest BCUT2D eigenvalue weighted by Crippen LogP contribution is 2.33. The van der Waals surface area contributed by atoms with Gasteiger partial charge in [-0.1, -0.05) is 36.2 Å². The van der Waals surface area contributed by atoms with E-state index in [-0.39, 0.29) is 17.0 Å². The van der Waals surface area contributed by atoms with Crippen LogP contribution in [0.15, 0.2) is 53.9 Å². The number of nitrogens with zero attached hydrogens (tertiary/aromatic N) is 3. The third-order valence-corrected chi connectivity index (χ3v) is 6.19. The summed E-state index contributed by atoms with van der Waals surface area (Å²) in [5.41, 5.74) is 6.14. The van der Waals surface area contributed by atoms with Crippen molar-refractivity contribution in [2.75, 3.05) is 11.9 Å². The standard InChI is InChI=1S/C26H32N4O.BrH/c31-28-20-21-14-18-30(19-15-21)17-9-3-1-2-8-16-27-26-22-10-4-6-12-24(22)29-25-13-7-5-11-23(25)26;/h4,6,10,12,14-15,18-20H,1-3,5,7-9,11,13,16-17H2,(H,27,29);1H. The molecule has 0 amide bonds. The number of unbranched alkanes of at least 4 members (excludes halogenated alkanes) is 4. The third kappa shape index (κ3) is 6.28. The first-order valence-electron chi connectivity index (χ1n) is 11.7. The molecule has 0 saturated heterocycles. The zero-order valence-corrected chi connectivity index (χ0v) is 20.2. The van der Waals surface area contributed by atoms with E-state index in [9.17, 15) is 0 Å². The monoisotopic (exact) mass is 496 g/mol. The van der Waals surface area contributed by atoms with Gasteiger partial charge in [0.05, 0.1) is 11.7 Å². The summed E-state index contributed by atoms with van der Waals surface area (Å²) >= 11 is 0. The first kappa shape index (κ1) is 24.2. The van der Waals surface area contributed by atoms with E-state index in [4.69, 9.17) is 10.2 Å². The minimum atomic E-state index is 0. The highest BCUT2D eigenvalue weighted by molar-refractivity contribution is 5.93. The molecule has 2 heterocycles. The molecule has 0 saturated carbocycles. The fraction of sp³-hybridized carbons (Fsp3) is 0.423. The van der Waals surface area contributed by atoms with Crippen molar-refractivity contribution in [3.63, 3.8) is 0 Å². The van der Waals surface area contributed by atoms with E-state index in [0.29, 0.717) is 0 Å². The largest absolute Gasteiger partial charge is 1.00 e. The number of oxime groups is 1. The molecule has 0 radical (unpaired) electrons. The van der Waals surface area contributed by atoms with Gasteiger partial charge in [-0.25, -0.2) is 4.57 Å². The number of nitrogens with one attached hydrogen (secondary N) is 1. The van der Waals surface area contributed by atoms with Crippen molar-refractivity contribution >= 4 is 22.8 Å². The van der Waals surface area contributed by atoms with Gasteiger partial charge >= 0.3 is 0 Å². The van der Waals surface area contributed by atoms with Gasteiger partial charge in [0.15, 0.2) is 12.4 Å². The Bertz CT molecular complexity index is 1020.